The molecule has 1 aliphatic carbocycles. The number of aryl methyl sites for hydroxylation is 1. The first-order chi connectivity index (χ1) is 11.3. The van der Waals surface area contributed by atoms with Gasteiger partial charge in [-0.15, -0.1) is 0 Å². The van der Waals surface area contributed by atoms with Gasteiger partial charge in [0.15, 0.2) is 5.78 Å². The van der Waals surface area contributed by atoms with E-state index >= 15 is 0 Å². The van der Waals surface area contributed by atoms with E-state index in [1.165, 1.54) is 4.31 Å². The highest BCUT2D eigenvalue weighted by Gasteiger charge is 2.23. The van der Waals surface area contributed by atoms with Crippen molar-refractivity contribution in [3.8, 4) is 0 Å². The highest BCUT2D eigenvalue weighted by atomic mass is 32.2. The van der Waals surface area contributed by atoms with Crippen LogP contribution < -0.4 is 5.32 Å². The Balaban J connectivity index is 1.91. The van der Waals surface area contributed by atoms with Crippen LogP contribution in [0.1, 0.15) is 18.9 Å². The van der Waals surface area contributed by atoms with Crippen molar-refractivity contribution in [2.24, 2.45) is 0 Å². The molecule has 6 nitrogen and oxygen atoms in total. The lowest BCUT2D eigenvalue weighted by Gasteiger charge is -2.21. The molecule has 0 spiro atoms. The Morgan fingerprint density at radius 1 is 1.29 bits per heavy atom. The maximum atomic E-state index is 12.6. The summed E-state index contributed by atoms with van der Waals surface area (Å²) in [4.78, 5) is 11.9. The standard InChI is InChI=1S/C17H24N2O4S/c1-3-19(24(22,23)16-6-4-13(2)5-7-16)9-8-18-12-14-10-15(20)11-17(14)21/h4-7,10,15,18,20H,3,8-9,11-12H2,1-2H3. The van der Waals surface area contributed by atoms with Crippen LogP contribution in [0.4, 0.5) is 0 Å². The van der Waals surface area contributed by atoms with Crippen molar-refractivity contribution in [1.29, 1.82) is 0 Å². The van der Waals surface area contributed by atoms with Crippen LogP contribution in [-0.4, -0.2) is 55.9 Å². The minimum Gasteiger partial charge on any atom is -0.389 e. The van der Waals surface area contributed by atoms with E-state index in [0.29, 0.717) is 31.8 Å². The van der Waals surface area contributed by atoms with E-state index in [1.807, 2.05) is 6.92 Å². The monoisotopic (exact) mass is 352 g/mol. The van der Waals surface area contributed by atoms with Gasteiger partial charge < -0.3 is 10.4 Å². The van der Waals surface area contributed by atoms with Crippen LogP contribution in [0.5, 0.6) is 0 Å². The van der Waals surface area contributed by atoms with Gasteiger partial charge in [-0.1, -0.05) is 24.6 Å². The van der Waals surface area contributed by atoms with E-state index in [2.05, 4.69) is 5.32 Å². The van der Waals surface area contributed by atoms with Gasteiger partial charge in [-0.2, -0.15) is 4.31 Å². The first-order valence-electron chi connectivity index (χ1n) is 8.04. The number of aliphatic hydroxyl groups is 1. The normalized spacial score (nSPS) is 18.2. The van der Waals surface area contributed by atoms with Crippen LogP contribution in [0, 0.1) is 6.92 Å². The maximum absolute atomic E-state index is 12.6. The lowest BCUT2D eigenvalue weighted by atomic mass is 10.2. The number of benzene rings is 1. The quantitative estimate of drug-likeness (QED) is 0.678. The molecule has 0 bridgehead atoms. The Morgan fingerprint density at radius 2 is 1.96 bits per heavy atom. The zero-order valence-electron chi connectivity index (χ0n) is 14.0. The summed E-state index contributed by atoms with van der Waals surface area (Å²) in [5, 5.41) is 12.5. The number of hydrogen-bond acceptors (Lipinski definition) is 5. The van der Waals surface area contributed by atoms with Gasteiger partial charge in [-0.25, -0.2) is 8.42 Å². The largest absolute Gasteiger partial charge is 0.389 e. The van der Waals surface area contributed by atoms with Crippen LogP contribution in [0.25, 0.3) is 0 Å². The minimum atomic E-state index is -3.52. The van der Waals surface area contributed by atoms with Gasteiger partial charge in [0.05, 0.1) is 11.0 Å². The van der Waals surface area contributed by atoms with Crippen LogP contribution in [0.2, 0.25) is 0 Å². The Bertz CT molecular complexity index is 711. The molecular weight excluding hydrogens is 328 g/mol. The fourth-order valence-electron chi connectivity index (χ4n) is 2.60. The van der Waals surface area contributed by atoms with Crippen LogP contribution in [0.15, 0.2) is 40.8 Å². The molecule has 0 aromatic heterocycles. The van der Waals surface area contributed by atoms with Crippen LogP contribution in [-0.2, 0) is 14.8 Å². The topological polar surface area (TPSA) is 86.7 Å². The van der Waals surface area contributed by atoms with E-state index in [1.54, 1.807) is 37.3 Å². The Labute approximate surface area is 143 Å². The van der Waals surface area contributed by atoms with Gasteiger partial charge in [-0.05, 0) is 25.1 Å². The minimum absolute atomic E-state index is 0.0605. The first-order valence-corrected chi connectivity index (χ1v) is 9.48. The number of rotatable bonds is 8. The number of nitrogens with one attached hydrogen (secondary N) is 1. The smallest absolute Gasteiger partial charge is 0.243 e. The fraction of sp³-hybridized carbons (Fsp3) is 0.471. The summed E-state index contributed by atoms with van der Waals surface area (Å²) in [7, 11) is -3.52. The van der Waals surface area contributed by atoms with Crippen molar-refractivity contribution in [2.45, 2.75) is 31.3 Å². The van der Waals surface area contributed by atoms with Crippen molar-refractivity contribution in [1.82, 2.24) is 9.62 Å². The number of carbonyl (C=O) groups is 1. The molecule has 0 fully saturated rings. The SMILES string of the molecule is CCN(CCNCC1=CC(O)CC1=O)S(=O)(=O)c1ccc(C)cc1. The molecule has 1 aliphatic rings. The lowest BCUT2D eigenvalue weighted by molar-refractivity contribution is -0.115. The van der Waals surface area contributed by atoms with Gasteiger partial charge in [0, 0.05) is 38.2 Å². The molecule has 0 saturated heterocycles. The van der Waals surface area contributed by atoms with Crippen molar-refractivity contribution >= 4 is 15.8 Å². The highest BCUT2D eigenvalue weighted by molar-refractivity contribution is 7.89. The molecule has 132 valence electrons. The van der Waals surface area contributed by atoms with Crippen molar-refractivity contribution in [2.75, 3.05) is 26.2 Å². The predicted molar refractivity (Wildman–Crippen MR) is 92.2 cm³/mol. The summed E-state index contributed by atoms with van der Waals surface area (Å²) < 4.78 is 26.6. The van der Waals surface area contributed by atoms with Gasteiger partial charge in [-0.3, -0.25) is 4.79 Å². The van der Waals surface area contributed by atoms with E-state index in [0.717, 1.165) is 5.56 Å². The number of nitrogens with zero attached hydrogens (tertiary/aromatic N) is 1. The molecule has 0 saturated carbocycles. The summed E-state index contributed by atoms with van der Waals surface area (Å²) in [5.41, 5.74) is 1.57. The Kier molecular flexibility index (Phi) is 6.28. The van der Waals surface area contributed by atoms with Crippen molar-refractivity contribution in [3.05, 3.63) is 41.5 Å². The van der Waals surface area contributed by atoms with Gasteiger partial charge in [0.2, 0.25) is 10.0 Å². The summed E-state index contributed by atoms with van der Waals surface area (Å²) in [6.07, 6.45) is 0.999. The van der Waals surface area contributed by atoms with Gasteiger partial charge in [0.25, 0.3) is 0 Å². The Morgan fingerprint density at radius 3 is 2.50 bits per heavy atom. The second-order valence-electron chi connectivity index (χ2n) is 5.87. The number of ketones is 1. The third-order valence-corrected chi connectivity index (χ3v) is 6.00. The molecule has 0 radical (unpaired) electrons. The summed E-state index contributed by atoms with van der Waals surface area (Å²) in [5.74, 6) is -0.0605. The molecule has 1 aromatic rings. The van der Waals surface area contributed by atoms with Crippen molar-refractivity contribution < 1.29 is 18.3 Å². The zero-order valence-corrected chi connectivity index (χ0v) is 14.8. The number of Topliss-reactive ketones (excluding diaryl/α,β-unsaturated/α-hetero) is 1. The van der Waals surface area contributed by atoms with E-state index < -0.39 is 16.1 Å². The Hall–Kier alpha value is -1.54. The molecular formula is C17H24N2O4S. The molecule has 7 heteroatoms. The predicted octanol–water partition coefficient (Wildman–Crippen LogP) is 0.855. The van der Waals surface area contributed by atoms with Crippen molar-refractivity contribution in [3.63, 3.8) is 0 Å². The van der Waals surface area contributed by atoms with Gasteiger partial charge >= 0.3 is 0 Å². The van der Waals surface area contributed by atoms with Gasteiger partial charge in [0.1, 0.15) is 0 Å². The number of carbonyl (C=O) groups excluding carboxylic acids is 1. The average Bonchev–Trinajstić information content (AvgIpc) is 2.85. The number of aliphatic hydroxyl groups excluding tert-OH is 1. The molecule has 24 heavy (non-hydrogen) atoms. The molecule has 1 unspecified atom stereocenters. The highest BCUT2D eigenvalue weighted by Crippen LogP contribution is 2.16. The lowest BCUT2D eigenvalue weighted by Crippen LogP contribution is -2.37. The molecule has 1 atom stereocenters. The zero-order chi connectivity index (χ0) is 17.7. The maximum Gasteiger partial charge on any atom is 0.243 e. The van der Waals surface area contributed by atoms with Crippen LogP contribution >= 0.6 is 0 Å². The molecule has 2 rings (SSSR count). The molecule has 0 amide bonds. The number of likely N-dealkylation sites (N-methyl/N-ethyl adjacent to an activating group) is 1. The second kappa shape index (κ2) is 8.02. The first kappa shape index (κ1) is 18.8. The van der Waals surface area contributed by atoms with E-state index in [9.17, 15) is 18.3 Å². The fourth-order valence-corrected chi connectivity index (χ4v) is 4.05. The summed E-state index contributed by atoms with van der Waals surface area (Å²) >= 11 is 0. The summed E-state index contributed by atoms with van der Waals surface area (Å²) in [6.45, 7) is 5.17. The number of hydrogen-bond donors (Lipinski definition) is 2. The van der Waals surface area contributed by atoms with E-state index in [4.69, 9.17) is 0 Å². The molecule has 1 aromatic carbocycles. The summed E-state index contributed by atoms with van der Waals surface area (Å²) in [6, 6.07) is 6.79. The molecule has 0 heterocycles. The third kappa shape index (κ3) is 4.51. The molecule has 0 aliphatic heterocycles. The van der Waals surface area contributed by atoms with Crippen LogP contribution in [0.3, 0.4) is 0 Å². The average molecular weight is 352 g/mol. The van der Waals surface area contributed by atoms with E-state index in [-0.39, 0.29) is 17.1 Å². The molecule has 2 N–H and O–H groups in total. The number of sulfonamides is 1. The second-order valence-corrected chi connectivity index (χ2v) is 7.81. The third-order valence-electron chi connectivity index (χ3n) is 4.01.